The van der Waals surface area contributed by atoms with E-state index in [-0.39, 0.29) is 18.5 Å². The van der Waals surface area contributed by atoms with Crippen molar-refractivity contribution in [1.29, 1.82) is 0 Å². The van der Waals surface area contributed by atoms with Crippen LogP contribution in [0.25, 0.3) is 33.5 Å². The zero-order valence-electron chi connectivity index (χ0n) is 24.0. The number of ether oxygens (including phenoxy) is 2. The molecule has 2 aliphatic rings. The summed E-state index contributed by atoms with van der Waals surface area (Å²) < 4.78 is 15.2. The summed E-state index contributed by atoms with van der Waals surface area (Å²) in [6.45, 7) is 0.343. The number of hydrogen-bond donors (Lipinski definition) is 4. The van der Waals surface area contributed by atoms with Crippen LogP contribution in [0.1, 0.15) is 12.1 Å². The van der Waals surface area contributed by atoms with Gasteiger partial charge in [0.05, 0.1) is 61.6 Å². The first-order valence-electron chi connectivity index (χ1n) is 14.5. The Bertz CT molecular complexity index is 1720. The maximum atomic E-state index is 11.7. The quantitative estimate of drug-likeness (QED) is 0.195. The van der Waals surface area contributed by atoms with Gasteiger partial charge < -0.3 is 24.8 Å². The fourth-order valence-electron chi connectivity index (χ4n) is 6.38. The van der Waals surface area contributed by atoms with Gasteiger partial charge in [0.2, 0.25) is 0 Å². The van der Waals surface area contributed by atoms with Crippen molar-refractivity contribution in [3.05, 3.63) is 73.3 Å². The zero-order chi connectivity index (χ0) is 30.2. The highest BCUT2D eigenvalue weighted by Gasteiger charge is 2.49. The molecule has 3 N–H and O–H groups in total. The van der Waals surface area contributed by atoms with E-state index in [1.165, 1.54) is 0 Å². The van der Waals surface area contributed by atoms with Crippen LogP contribution in [0.5, 0.6) is 0 Å². The highest BCUT2D eigenvalue weighted by Crippen LogP contribution is 2.51. The summed E-state index contributed by atoms with van der Waals surface area (Å²) >= 11 is 0. The van der Waals surface area contributed by atoms with Gasteiger partial charge in [0.15, 0.2) is 0 Å². The van der Waals surface area contributed by atoms with E-state index < -0.39 is 46.5 Å². The van der Waals surface area contributed by atoms with Crippen LogP contribution in [-0.2, 0) is 9.47 Å². The Morgan fingerprint density at radius 1 is 0.886 bits per heavy atom. The molecule has 2 fully saturated rings. The second kappa shape index (κ2) is 12.3. The number of benzene rings is 2. The first-order chi connectivity index (χ1) is 21.6. The van der Waals surface area contributed by atoms with E-state index in [4.69, 9.17) is 9.47 Å². The van der Waals surface area contributed by atoms with Crippen LogP contribution in [0, 0.1) is 0 Å². The van der Waals surface area contributed by atoms with Crippen molar-refractivity contribution in [1.82, 2.24) is 40.0 Å². The minimum atomic E-state index is -1.14. The molecule has 5 aromatic rings. The number of thiol groups is 1. The average molecular weight is 619 g/mol. The van der Waals surface area contributed by atoms with E-state index in [1.807, 2.05) is 54.7 Å². The molecule has 0 saturated carbocycles. The minimum absolute atomic E-state index is 0.250. The van der Waals surface area contributed by atoms with Crippen LogP contribution in [0.15, 0.2) is 73.3 Å². The second-order valence-electron chi connectivity index (χ2n) is 11.2. The molecule has 0 spiro atoms. The lowest BCUT2D eigenvalue weighted by molar-refractivity contribution is -0.0339. The largest absolute Gasteiger partial charge is 0.395 e. The van der Waals surface area contributed by atoms with E-state index in [1.54, 1.807) is 35.1 Å². The van der Waals surface area contributed by atoms with Gasteiger partial charge in [-0.25, -0.2) is 20.3 Å². The number of aromatic nitrogens is 8. The van der Waals surface area contributed by atoms with Crippen molar-refractivity contribution in [3.63, 3.8) is 0 Å². The van der Waals surface area contributed by atoms with Gasteiger partial charge >= 0.3 is 0 Å². The molecule has 14 heteroatoms. The molecule has 2 aromatic carbocycles. The molecule has 7 rings (SSSR count). The Labute approximate surface area is 255 Å². The normalized spacial score (nSPS) is 30.0. The highest BCUT2D eigenvalue weighted by atomic mass is 32.2. The lowest BCUT2D eigenvalue weighted by Crippen LogP contribution is -2.55. The van der Waals surface area contributed by atoms with E-state index in [9.17, 15) is 15.3 Å². The molecule has 5 heterocycles. The minimum Gasteiger partial charge on any atom is -0.395 e. The number of methoxy groups -OCH3 is 1. The van der Waals surface area contributed by atoms with E-state index in [0.29, 0.717) is 23.7 Å². The molecular weight excluding hydrogens is 584 g/mol. The maximum absolute atomic E-state index is 11.7. The molecule has 3 aromatic heterocycles. The summed E-state index contributed by atoms with van der Waals surface area (Å²) in [5.41, 5.74) is 4.60. The number of aliphatic hydroxyl groups excluding tert-OH is 3. The SMILES string of the molecule is CO[C@H]1C[SH]([C@@H]2COC[C@H](n3cc(-c4ccccc4)nn3)[C@H]2O)[C@H](CO)[C@H](O)[C@@H]1n1cc(-c2ccc3nccnc3c2)nn1. The monoisotopic (exact) mass is 618 g/mol. The Balaban J connectivity index is 1.12. The average Bonchev–Trinajstić information content (AvgIpc) is 3.76. The molecule has 0 bridgehead atoms. The number of nitrogens with zero attached hydrogens (tertiary/aromatic N) is 8. The van der Waals surface area contributed by atoms with Crippen molar-refractivity contribution >= 4 is 21.9 Å². The molecule has 2 aliphatic heterocycles. The first-order valence-corrected chi connectivity index (χ1v) is 16.2. The first kappa shape index (κ1) is 29.0. The topological polar surface area (TPSA) is 166 Å². The van der Waals surface area contributed by atoms with Gasteiger partial charge in [0, 0.05) is 46.9 Å². The van der Waals surface area contributed by atoms with Crippen LogP contribution in [0.4, 0.5) is 0 Å². The number of aliphatic hydroxyl groups is 3. The summed E-state index contributed by atoms with van der Waals surface area (Å²) in [5.74, 6) is 0.532. The van der Waals surface area contributed by atoms with Crippen LogP contribution in [-0.4, -0.2) is 117 Å². The molecule has 0 radical (unpaired) electrons. The lowest BCUT2D eigenvalue weighted by atomic mass is 10.0. The van der Waals surface area contributed by atoms with Gasteiger partial charge in [-0.2, -0.15) is 0 Å². The van der Waals surface area contributed by atoms with E-state index in [0.717, 1.165) is 22.2 Å². The molecule has 2 saturated heterocycles. The fourth-order valence-corrected chi connectivity index (χ4v) is 9.86. The van der Waals surface area contributed by atoms with Crippen molar-refractivity contribution < 1.29 is 24.8 Å². The predicted molar refractivity (Wildman–Crippen MR) is 164 cm³/mol. The number of fused-ring (bicyclic) bond motifs is 1. The maximum Gasteiger partial charge on any atom is 0.113 e. The van der Waals surface area contributed by atoms with Crippen molar-refractivity contribution in [3.8, 4) is 22.5 Å². The molecule has 1 unspecified atom stereocenters. The van der Waals surface area contributed by atoms with E-state index in [2.05, 4.69) is 30.6 Å². The Kier molecular flexibility index (Phi) is 8.10. The molecule has 44 heavy (non-hydrogen) atoms. The van der Waals surface area contributed by atoms with Gasteiger partial charge in [-0.3, -0.25) is 9.97 Å². The van der Waals surface area contributed by atoms with Crippen LogP contribution in [0.3, 0.4) is 0 Å². The molecule has 13 nitrogen and oxygen atoms in total. The molecule has 0 aliphatic carbocycles. The predicted octanol–water partition coefficient (Wildman–Crippen LogP) is 1.44. The lowest BCUT2D eigenvalue weighted by Gasteiger charge is -2.51. The summed E-state index contributed by atoms with van der Waals surface area (Å²) in [4.78, 5) is 8.70. The fraction of sp³-hybridized carbons (Fsp3) is 0.400. The van der Waals surface area contributed by atoms with Crippen molar-refractivity contribution in [2.24, 2.45) is 0 Å². The molecule has 8 atom stereocenters. The third kappa shape index (κ3) is 5.27. The molecule has 230 valence electrons. The van der Waals surface area contributed by atoms with Crippen LogP contribution < -0.4 is 0 Å². The van der Waals surface area contributed by atoms with Gasteiger partial charge in [0.1, 0.15) is 23.5 Å². The highest BCUT2D eigenvalue weighted by molar-refractivity contribution is 8.18. The van der Waals surface area contributed by atoms with Crippen LogP contribution in [0.2, 0.25) is 0 Å². The molecular formula is C30H34N8O5S. The second-order valence-corrected chi connectivity index (χ2v) is 13.9. The van der Waals surface area contributed by atoms with Gasteiger partial charge in [-0.1, -0.05) is 46.8 Å². The van der Waals surface area contributed by atoms with Crippen molar-refractivity contribution in [2.45, 2.75) is 40.9 Å². The summed E-state index contributed by atoms with van der Waals surface area (Å²) in [6, 6.07) is 14.4. The molecule has 0 amide bonds. The van der Waals surface area contributed by atoms with Crippen LogP contribution >= 0.6 is 10.9 Å². The number of hydrogen-bond acceptors (Lipinski definition) is 11. The van der Waals surface area contributed by atoms with E-state index >= 15 is 0 Å². The van der Waals surface area contributed by atoms with Gasteiger partial charge in [-0.15, -0.1) is 10.2 Å². The third-order valence-electron chi connectivity index (χ3n) is 8.72. The van der Waals surface area contributed by atoms with Crippen molar-refractivity contribution in [2.75, 3.05) is 32.7 Å². The third-order valence-corrected chi connectivity index (χ3v) is 12.1. The Morgan fingerprint density at radius 2 is 1.61 bits per heavy atom. The summed E-state index contributed by atoms with van der Waals surface area (Å²) in [7, 11) is 0.462. The summed E-state index contributed by atoms with van der Waals surface area (Å²) in [6.07, 6.45) is 4.65. The Morgan fingerprint density at radius 3 is 2.39 bits per heavy atom. The zero-order valence-corrected chi connectivity index (χ0v) is 24.9. The van der Waals surface area contributed by atoms with Gasteiger partial charge in [0.25, 0.3) is 0 Å². The van der Waals surface area contributed by atoms with Gasteiger partial charge in [-0.05, 0) is 12.1 Å². The standard InChI is InChI=1S/C30H34N8O5S/c1-42-25-17-44(27-16-43-15-24(29(27)40)37-12-22(33-35-37)18-5-3-2-4-6-18)26(14-39)30(41)28(25)38-13-23(34-36-38)19-7-8-20-21(11-19)32-10-9-31-20/h2-13,24-30,39-41,44H,14-17H2,1H3/t24-,25-,26+,27+,28+,29+,30-/m0/s1. The number of rotatable bonds is 7. The smallest absolute Gasteiger partial charge is 0.113 e. The summed E-state index contributed by atoms with van der Waals surface area (Å²) in [5, 5.41) is 50.5. The Hall–Kier alpha value is -3.79.